The van der Waals surface area contributed by atoms with Gasteiger partial charge in [-0.05, 0) is 49.6 Å². The van der Waals surface area contributed by atoms with Crippen LogP contribution >= 0.6 is 0 Å². The van der Waals surface area contributed by atoms with Crippen molar-refractivity contribution in [2.24, 2.45) is 0 Å². The number of hydrogen-bond donors (Lipinski definition) is 1. The average molecular weight is 405 g/mol. The lowest BCUT2D eigenvalue weighted by molar-refractivity contribution is -0.122. The van der Waals surface area contributed by atoms with E-state index in [4.69, 9.17) is 4.74 Å². The van der Waals surface area contributed by atoms with E-state index in [2.05, 4.69) is 5.32 Å². The molecule has 0 saturated heterocycles. The van der Waals surface area contributed by atoms with Crippen LogP contribution in [0, 0.1) is 13.8 Å². The molecular formula is C21H28N2O4S. The number of aryl methyl sites for hydroxylation is 2. The van der Waals surface area contributed by atoms with Crippen LogP contribution in [0.1, 0.15) is 24.5 Å². The molecule has 1 atom stereocenters. The zero-order chi connectivity index (χ0) is 20.7. The second kappa shape index (κ2) is 9.59. The third kappa shape index (κ3) is 5.73. The summed E-state index contributed by atoms with van der Waals surface area (Å²) in [6.45, 7) is 6.33. The smallest absolute Gasteiger partial charge is 0.244 e. The van der Waals surface area contributed by atoms with Gasteiger partial charge in [0, 0.05) is 0 Å². The fourth-order valence-electron chi connectivity index (χ4n) is 2.95. The molecule has 0 saturated carbocycles. The molecule has 7 heteroatoms. The van der Waals surface area contributed by atoms with Gasteiger partial charge in [-0.15, -0.1) is 0 Å². The van der Waals surface area contributed by atoms with Crippen LogP contribution in [0.4, 0.5) is 5.69 Å². The molecule has 152 valence electrons. The maximum Gasteiger partial charge on any atom is 0.244 e. The van der Waals surface area contributed by atoms with Crippen molar-refractivity contribution in [3.05, 3.63) is 59.7 Å². The molecule has 0 fully saturated rings. The Labute approximate surface area is 167 Å². The van der Waals surface area contributed by atoms with Gasteiger partial charge in [-0.2, -0.15) is 0 Å². The van der Waals surface area contributed by atoms with Gasteiger partial charge in [0.2, 0.25) is 15.9 Å². The van der Waals surface area contributed by atoms with Gasteiger partial charge in [0.15, 0.2) is 0 Å². The summed E-state index contributed by atoms with van der Waals surface area (Å²) in [7, 11) is -3.62. The standard InChI is InChI=1S/C21H28N2O4S/c1-5-19(23(28(4,25)26)18-9-7-6-8-10-18)21(24)22-13-14-27-20-15-16(2)11-12-17(20)3/h6-12,15,19H,5,13-14H2,1-4H3,(H,22,24)/t19-/m0/s1. The molecule has 28 heavy (non-hydrogen) atoms. The highest BCUT2D eigenvalue weighted by Crippen LogP contribution is 2.22. The first-order valence-corrected chi connectivity index (χ1v) is 11.1. The molecule has 0 spiro atoms. The Morgan fingerprint density at radius 1 is 1.14 bits per heavy atom. The Kier molecular flexibility index (Phi) is 7.45. The van der Waals surface area contributed by atoms with Crippen LogP contribution in [0.15, 0.2) is 48.5 Å². The second-order valence-corrected chi connectivity index (χ2v) is 8.59. The second-order valence-electron chi connectivity index (χ2n) is 6.73. The number of sulfonamides is 1. The molecule has 0 radical (unpaired) electrons. The number of carbonyl (C=O) groups excluding carboxylic acids is 1. The van der Waals surface area contributed by atoms with Crippen molar-refractivity contribution in [1.82, 2.24) is 5.32 Å². The Morgan fingerprint density at radius 2 is 1.82 bits per heavy atom. The van der Waals surface area contributed by atoms with Crippen molar-refractivity contribution in [2.45, 2.75) is 33.2 Å². The van der Waals surface area contributed by atoms with E-state index in [1.54, 1.807) is 37.3 Å². The lowest BCUT2D eigenvalue weighted by atomic mass is 10.1. The highest BCUT2D eigenvalue weighted by atomic mass is 32.2. The van der Waals surface area contributed by atoms with Crippen LogP contribution < -0.4 is 14.4 Å². The minimum atomic E-state index is -3.62. The molecule has 0 unspecified atom stereocenters. The van der Waals surface area contributed by atoms with Crippen LogP contribution in [-0.4, -0.2) is 39.8 Å². The Hall–Kier alpha value is -2.54. The van der Waals surface area contributed by atoms with Crippen molar-refractivity contribution in [1.29, 1.82) is 0 Å². The Balaban J connectivity index is 2.02. The SMILES string of the molecule is CC[C@@H](C(=O)NCCOc1cc(C)ccc1C)N(c1ccccc1)S(C)(=O)=O. The minimum Gasteiger partial charge on any atom is -0.491 e. The molecule has 6 nitrogen and oxygen atoms in total. The van der Waals surface area contributed by atoms with Crippen LogP contribution in [-0.2, 0) is 14.8 Å². The highest BCUT2D eigenvalue weighted by Gasteiger charge is 2.31. The maximum atomic E-state index is 12.7. The summed E-state index contributed by atoms with van der Waals surface area (Å²) in [5.41, 5.74) is 2.59. The maximum absolute atomic E-state index is 12.7. The van der Waals surface area contributed by atoms with E-state index in [0.29, 0.717) is 18.7 Å². The molecule has 0 aliphatic carbocycles. The average Bonchev–Trinajstić information content (AvgIpc) is 2.65. The summed E-state index contributed by atoms with van der Waals surface area (Å²) in [5.74, 6) is 0.435. The molecule has 0 aliphatic heterocycles. The van der Waals surface area contributed by atoms with E-state index in [-0.39, 0.29) is 12.5 Å². The summed E-state index contributed by atoms with van der Waals surface area (Å²) in [6, 6.07) is 13.8. The fraction of sp³-hybridized carbons (Fsp3) is 0.381. The van der Waals surface area contributed by atoms with E-state index in [1.165, 1.54) is 4.31 Å². The normalized spacial score (nSPS) is 12.3. The molecule has 2 rings (SSSR count). The number of ether oxygens (including phenoxy) is 1. The van der Waals surface area contributed by atoms with Gasteiger partial charge in [0.1, 0.15) is 18.4 Å². The number of amides is 1. The van der Waals surface area contributed by atoms with Gasteiger partial charge < -0.3 is 10.1 Å². The first-order chi connectivity index (χ1) is 13.2. The molecule has 0 aliphatic rings. The number of carbonyl (C=O) groups is 1. The third-order valence-electron chi connectivity index (χ3n) is 4.34. The first-order valence-electron chi connectivity index (χ1n) is 9.26. The van der Waals surface area contributed by atoms with E-state index >= 15 is 0 Å². The highest BCUT2D eigenvalue weighted by molar-refractivity contribution is 7.92. The number of nitrogens with zero attached hydrogens (tertiary/aromatic N) is 1. The van der Waals surface area contributed by atoms with E-state index in [1.807, 2.05) is 32.0 Å². The van der Waals surface area contributed by atoms with Crippen LogP contribution in [0.5, 0.6) is 5.75 Å². The van der Waals surface area contributed by atoms with Crippen molar-refractivity contribution in [2.75, 3.05) is 23.7 Å². The third-order valence-corrected chi connectivity index (χ3v) is 5.52. The monoisotopic (exact) mass is 404 g/mol. The summed E-state index contributed by atoms with van der Waals surface area (Å²) >= 11 is 0. The topological polar surface area (TPSA) is 75.7 Å². The fourth-order valence-corrected chi connectivity index (χ4v) is 4.16. The summed E-state index contributed by atoms with van der Waals surface area (Å²) < 4.78 is 31.6. The zero-order valence-corrected chi connectivity index (χ0v) is 17.6. The number of hydrogen-bond acceptors (Lipinski definition) is 4. The van der Waals surface area contributed by atoms with E-state index in [9.17, 15) is 13.2 Å². The molecule has 0 heterocycles. The van der Waals surface area contributed by atoms with Crippen molar-refractivity contribution in [3.8, 4) is 5.75 Å². The molecule has 2 aromatic rings. The van der Waals surface area contributed by atoms with Crippen molar-refractivity contribution in [3.63, 3.8) is 0 Å². The van der Waals surface area contributed by atoms with Gasteiger partial charge in [0.25, 0.3) is 0 Å². The molecule has 0 aromatic heterocycles. The largest absolute Gasteiger partial charge is 0.491 e. The van der Waals surface area contributed by atoms with E-state index < -0.39 is 16.1 Å². The number of rotatable bonds is 9. The Morgan fingerprint density at radius 3 is 2.43 bits per heavy atom. The zero-order valence-electron chi connectivity index (χ0n) is 16.8. The van der Waals surface area contributed by atoms with Gasteiger partial charge in [-0.3, -0.25) is 9.10 Å². The lowest BCUT2D eigenvalue weighted by Crippen LogP contribution is -2.49. The van der Waals surface area contributed by atoms with Crippen LogP contribution in [0.3, 0.4) is 0 Å². The van der Waals surface area contributed by atoms with Crippen molar-refractivity contribution >= 4 is 21.6 Å². The Bertz CT molecular complexity index is 898. The molecular weight excluding hydrogens is 376 g/mol. The molecule has 1 N–H and O–H groups in total. The van der Waals surface area contributed by atoms with Gasteiger partial charge in [-0.25, -0.2) is 8.42 Å². The number of anilines is 1. The molecule has 2 aromatic carbocycles. The summed E-state index contributed by atoms with van der Waals surface area (Å²) in [6.07, 6.45) is 1.46. The predicted octanol–water partition coefficient (Wildman–Crippen LogP) is 3.04. The molecule has 0 bridgehead atoms. The minimum absolute atomic E-state index is 0.287. The quantitative estimate of drug-likeness (QED) is 0.652. The summed E-state index contributed by atoms with van der Waals surface area (Å²) in [4.78, 5) is 12.7. The van der Waals surface area contributed by atoms with E-state index in [0.717, 1.165) is 23.1 Å². The van der Waals surface area contributed by atoms with Gasteiger partial charge in [0.05, 0.1) is 18.5 Å². The van der Waals surface area contributed by atoms with Crippen LogP contribution in [0.25, 0.3) is 0 Å². The number of para-hydroxylation sites is 1. The molecule has 1 amide bonds. The first kappa shape index (κ1) is 21.8. The lowest BCUT2D eigenvalue weighted by Gasteiger charge is -2.30. The van der Waals surface area contributed by atoms with Crippen LogP contribution in [0.2, 0.25) is 0 Å². The van der Waals surface area contributed by atoms with Gasteiger partial charge in [-0.1, -0.05) is 37.3 Å². The van der Waals surface area contributed by atoms with Gasteiger partial charge >= 0.3 is 0 Å². The number of benzene rings is 2. The van der Waals surface area contributed by atoms with Crippen molar-refractivity contribution < 1.29 is 17.9 Å². The number of nitrogens with one attached hydrogen (secondary N) is 1. The summed E-state index contributed by atoms with van der Waals surface area (Å²) in [5, 5.41) is 2.79. The predicted molar refractivity (Wildman–Crippen MR) is 112 cm³/mol.